The number of halogens is 1. The number of hydrogen-bond acceptors (Lipinski definition) is 5. The fourth-order valence-corrected chi connectivity index (χ4v) is 3.93. The Morgan fingerprint density at radius 2 is 1.93 bits per heavy atom. The highest BCUT2D eigenvalue weighted by atomic mass is 127. The second-order valence-corrected chi connectivity index (χ2v) is 7.71. The van der Waals surface area contributed by atoms with Crippen molar-refractivity contribution >= 4 is 35.9 Å². The summed E-state index contributed by atoms with van der Waals surface area (Å²) in [5.41, 5.74) is 1.06. The topological polar surface area (TPSA) is 76.1 Å². The van der Waals surface area contributed by atoms with Crippen molar-refractivity contribution in [3.8, 4) is 5.88 Å². The van der Waals surface area contributed by atoms with E-state index in [9.17, 15) is 4.79 Å². The van der Waals surface area contributed by atoms with E-state index in [2.05, 4.69) is 22.1 Å². The summed E-state index contributed by atoms with van der Waals surface area (Å²) in [7, 11) is 0. The zero-order valence-electron chi connectivity index (χ0n) is 18.1. The number of aromatic nitrogens is 1. The molecule has 8 heteroatoms. The number of rotatable bonds is 7. The number of aliphatic imine (C=N–C) groups is 1. The Bertz CT molecular complexity index is 669. The minimum atomic E-state index is -0.0694. The van der Waals surface area contributed by atoms with Crippen LogP contribution in [0.5, 0.6) is 5.88 Å². The fraction of sp³-hybridized carbons (Fsp3) is 0.682. The molecule has 1 N–H and O–H groups in total. The molecule has 1 aliphatic carbocycles. The normalized spacial score (nSPS) is 18.1. The van der Waals surface area contributed by atoms with Crippen LogP contribution in [0.4, 0.5) is 0 Å². The minimum absolute atomic E-state index is 0. The number of hydrogen-bond donors (Lipinski definition) is 1. The maximum atomic E-state index is 11.9. The molecule has 0 amide bonds. The highest BCUT2D eigenvalue weighted by Gasteiger charge is 2.27. The Kier molecular flexibility index (Phi) is 10.7. The summed E-state index contributed by atoms with van der Waals surface area (Å²) < 4.78 is 11.1. The highest BCUT2D eigenvalue weighted by molar-refractivity contribution is 14.0. The molecule has 30 heavy (non-hydrogen) atoms. The number of ether oxygens (including phenoxy) is 2. The van der Waals surface area contributed by atoms with Gasteiger partial charge in [-0.1, -0.05) is 6.07 Å². The number of pyridine rings is 1. The Hall–Kier alpha value is -1.58. The van der Waals surface area contributed by atoms with Gasteiger partial charge in [-0.3, -0.25) is 4.79 Å². The van der Waals surface area contributed by atoms with Gasteiger partial charge in [0.05, 0.1) is 19.1 Å². The fourth-order valence-electron chi connectivity index (χ4n) is 3.93. The largest absolute Gasteiger partial charge is 0.474 e. The third-order valence-corrected chi connectivity index (χ3v) is 5.55. The highest BCUT2D eigenvalue weighted by Crippen LogP contribution is 2.23. The van der Waals surface area contributed by atoms with Crippen LogP contribution in [0.15, 0.2) is 23.3 Å². The van der Waals surface area contributed by atoms with Crippen molar-refractivity contribution in [1.29, 1.82) is 0 Å². The van der Waals surface area contributed by atoms with Crippen molar-refractivity contribution in [2.45, 2.75) is 65.0 Å². The molecule has 2 aliphatic rings. The van der Waals surface area contributed by atoms with Crippen LogP contribution in [0.3, 0.4) is 0 Å². The van der Waals surface area contributed by atoms with Crippen LogP contribution in [-0.2, 0) is 16.1 Å². The second-order valence-electron chi connectivity index (χ2n) is 7.71. The van der Waals surface area contributed by atoms with Crippen LogP contribution in [-0.4, -0.2) is 54.2 Å². The lowest BCUT2D eigenvalue weighted by atomic mass is 9.97. The van der Waals surface area contributed by atoms with Crippen LogP contribution < -0.4 is 10.1 Å². The van der Waals surface area contributed by atoms with E-state index in [0.717, 1.165) is 56.8 Å². The number of carbonyl (C=O) groups excluding carboxylic acids is 1. The molecule has 1 aliphatic heterocycles. The smallest absolute Gasteiger partial charge is 0.309 e. The molecule has 0 bridgehead atoms. The number of guanidine groups is 1. The van der Waals surface area contributed by atoms with Gasteiger partial charge in [0.15, 0.2) is 5.96 Å². The molecule has 1 saturated carbocycles. The molecule has 0 aromatic carbocycles. The molecule has 0 atom stereocenters. The molecule has 0 unspecified atom stereocenters. The van der Waals surface area contributed by atoms with Gasteiger partial charge in [0.2, 0.25) is 5.88 Å². The molecular weight excluding hydrogens is 495 g/mol. The first-order valence-electron chi connectivity index (χ1n) is 11.0. The molecule has 1 aromatic rings. The van der Waals surface area contributed by atoms with Crippen molar-refractivity contribution < 1.29 is 14.3 Å². The van der Waals surface area contributed by atoms with Gasteiger partial charge < -0.3 is 19.7 Å². The van der Waals surface area contributed by atoms with Gasteiger partial charge in [-0.2, -0.15) is 0 Å². The third kappa shape index (κ3) is 7.28. The van der Waals surface area contributed by atoms with Crippen LogP contribution >= 0.6 is 24.0 Å². The maximum absolute atomic E-state index is 11.9. The van der Waals surface area contributed by atoms with Gasteiger partial charge in [-0.25, -0.2) is 9.98 Å². The SMILES string of the molecule is CCNC(=NCc1ccc(OC2CCCC2)nc1)N1CCC(C(=O)OCC)CC1.I. The quantitative estimate of drug-likeness (QED) is 0.251. The zero-order valence-corrected chi connectivity index (χ0v) is 20.5. The van der Waals surface area contributed by atoms with E-state index < -0.39 is 0 Å². The standard InChI is InChI=1S/C22H34N4O3.HI/c1-3-23-22(26-13-11-18(12-14-26)21(27)28-4-2)25-16-17-9-10-20(24-15-17)29-19-7-5-6-8-19;/h9-10,15,18-19H,3-8,11-14,16H2,1-2H3,(H,23,25);1H. The van der Waals surface area contributed by atoms with Gasteiger partial charge in [-0.15, -0.1) is 24.0 Å². The van der Waals surface area contributed by atoms with Crippen LogP contribution in [0.1, 0.15) is 57.9 Å². The molecule has 0 spiro atoms. The van der Waals surface area contributed by atoms with E-state index in [4.69, 9.17) is 14.5 Å². The van der Waals surface area contributed by atoms with Gasteiger partial charge >= 0.3 is 5.97 Å². The number of nitrogens with zero attached hydrogens (tertiary/aromatic N) is 3. The second kappa shape index (κ2) is 13.0. The lowest BCUT2D eigenvalue weighted by molar-refractivity contribution is -0.149. The van der Waals surface area contributed by atoms with Crippen LogP contribution in [0, 0.1) is 5.92 Å². The summed E-state index contributed by atoms with van der Waals surface area (Å²) in [6, 6.07) is 3.98. The van der Waals surface area contributed by atoms with Gasteiger partial charge in [0.25, 0.3) is 0 Å². The van der Waals surface area contributed by atoms with Crippen molar-refractivity contribution in [1.82, 2.24) is 15.2 Å². The van der Waals surface area contributed by atoms with Gasteiger partial charge in [0.1, 0.15) is 6.10 Å². The monoisotopic (exact) mass is 530 g/mol. The van der Waals surface area contributed by atoms with Crippen molar-refractivity contribution in [3.63, 3.8) is 0 Å². The summed E-state index contributed by atoms with van der Waals surface area (Å²) in [6.45, 7) is 7.36. The molecule has 2 heterocycles. The average molecular weight is 530 g/mol. The number of likely N-dealkylation sites (tertiary alicyclic amines) is 1. The van der Waals surface area contributed by atoms with Gasteiger partial charge in [0, 0.05) is 31.9 Å². The molecule has 7 nitrogen and oxygen atoms in total. The molecule has 0 radical (unpaired) electrons. The average Bonchev–Trinajstić information content (AvgIpc) is 3.25. The van der Waals surface area contributed by atoms with E-state index in [-0.39, 0.29) is 35.9 Å². The van der Waals surface area contributed by atoms with Gasteiger partial charge in [-0.05, 0) is 57.9 Å². The Morgan fingerprint density at radius 1 is 1.20 bits per heavy atom. The first-order valence-corrected chi connectivity index (χ1v) is 11.0. The molecular formula is C22H35IN4O3. The number of nitrogens with one attached hydrogen (secondary N) is 1. The van der Waals surface area contributed by atoms with Crippen molar-refractivity contribution in [3.05, 3.63) is 23.9 Å². The maximum Gasteiger partial charge on any atom is 0.309 e. The predicted octanol–water partition coefficient (Wildman–Crippen LogP) is 3.76. The third-order valence-electron chi connectivity index (χ3n) is 5.55. The minimum Gasteiger partial charge on any atom is -0.474 e. The Balaban J connectivity index is 0.00000320. The molecule has 3 rings (SSSR count). The summed E-state index contributed by atoms with van der Waals surface area (Å²) in [5, 5.41) is 3.37. The van der Waals surface area contributed by atoms with Crippen LogP contribution in [0.2, 0.25) is 0 Å². The molecule has 2 fully saturated rings. The van der Waals surface area contributed by atoms with E-state index in [1.54, 1.807) is 0 Å². The van der Waals surface area contributed by atoms with E-state index >= 15 is 0 Å². The van der Waals surface area contributed by atoms with Crippen LogP contribution in [0.25, 0.3) is 0 Å². The summed E-state index contributed by atoms with van der Waals surface area (Å²) in [5.74, 6) is 1.53. The first-order chi connectivity index (χ1) is 14.2. The van der Waals surface area contributed by atoms with Crippen molar-refractivity contribution in [2.75, 3.05) is 26.2 Å². The lowest BCUT2D eigenvalue weighted by Gasteiger charge is -2.33. The Morgan fingerprint density at radius 3 is 2.53 bits per heavy atom. The number of carbonyl (C=O) groups is 1. The molecule has 1 aromatic heterocycles. The van der Waals surface area contributed by atoms with E-state index in [1.807, 2.05) is 25.3 Å². The van der Waals surface area contributed by atoms with Crippen molar-refractivity contribution in [2.24, 2.45) is 10.9 Å². The molecule has 1 saturated heterocycles. The summed E-state index contributed by atoms with van der Waals surface area (Å²) in [6.07, 6.45) is 8.55. The first kappa shape index (κ1) is 24.7. The summed E-state index contributed by atoms with van der Waals surface area (Å²) in [4.78, 5) is 23.4. The molecule has 168 valence electrons. The lowest BCUT2D eigenvalue weighted by Crippen LogP contribution is -2.46. The van der Waals surface area contributed by atoms with E-state index in [0.29, 0.717) is 25.1 Å². The predicted molar refractivity (Wildman–Crippen MR) is 128 cm³/mol. The van der Waals surface area contributed by atoms with E-state index in [1.165, 1.54) is 12.8 Å². The Labute approximate surface area is 197 Å². The number of piperidine rings is 1. The zero-order chi connectivity index (χ0) is 20.5. The number of esters is 1. The summed E-state index contributed by atoms with van der Waals surface area (Å²) >= 11 is 0.